The van der Waals surface area contributed by atoms with Crippen molar-refractivity contribution in [1.29, 1.82) is 0 Å². The summed E-state index contributed by atoms with van der Waals surface area (Å²) in [5, 5.41) is 17.6. The molecule has 1 aliphatic heterocycles. The number of benzene rings is 1. The lowest BCUT2D eigenvalue weighted by Crippen LogP contribution is -2.31. The van der Waals surface area contributed by atoms with Gasteiger partial charge in [0.05, 0.1) is 9.82 Å². The van der Waals surface area contributed by atoms with Crippen LogP contribution in [0.2, 0.25) is 0 Å². The lowest BCUT2D eigenvalue weighted by atomic mass is 10.1. The molecule has 1 aliphatic rings. The van der Waals surface area contributed by atoms with Crippen molar-refractivity contribution in [2.75, 3.05) is 24.7 Å². The van der Waals surface area contributed by atoms with Crippen molar-refractivity contribution < 1.29 is 13.3 Å². The minimum absolute atomic E-state index is 0.0428. The number of nitro benzene ring substituents is 1. The third kappa shape index (κ3) is 4.15. The van der Waals surface area contributed by atoms with E-state index in [0.717, 1.165) is 44.7 Å². The number of hydrogen-bond acceptors (Lipinski definition) is 6. The van der Waals surface area contributed by atoms with E-state index in [9.17, 15) is 18.5 Å². The van der Waals surface area contributed by atoms with Crippen LogP contribution in [0.25, 0.3) is 0 Å². The largest absolute Gasteiger partial charge is 0.375 e. The Balaban J connectivity index is 2.28. The van der Waals surface area contributed by atoms with Gasteiger partial charge in [-0.15, -0.1) is 0 Å². The van der Waals surface area contributed by atoms with Crippen molar-refractivity contribution in [1.82, 2.24) is 5.32 Å². The number of rotatable bonds is 4. The molecular weight excluding hydrogens is 294 g/mol. The van der Waals surface area contributed by atoms with Crippen molar-refractivity contribution in [3.05, 3.63) is 28.3 Å². The summed E-state index contributed by atoms with van der Waals surface area (Å²) in [4.78, 5) is 10.6. The van der Waals surface area contributed by atoms with E-state index in [1.54, 1.807) is 0 Å². The Morgan fingerprint density at radius 3 is 2.81 bits per heavy atom. The molecule has 1 fully saturated rings. The normalized spacial score (nSPS) is 19.8. The number of anilines is 1. The van der Waals surface area contributed by atoms with Crippen LogP contribution < -0.4 is 10.6 Å². The van der Waals surface area contributed by atoms with Gasteiger partial charge >= 0.3 is 0 Å². The lowest BCUT2D eigenvalue weighted by molar-refractivity contribution is -0.384. The van der Waals surface area contributed by atoms with Crippen molar-refractivity contribution in [2.45, 2.75) is 30.2 Å². The predicted octanol–water partition coefficient (Wildman–Crippen LogP) is 1.55. The van der Waals surface area contributed by atoms with Crippen LogP contribution in [0.3, 0.4) is 0 Å². The van der Waals surface area contributed by atoms with Gasteiger partial charge in [-0.3, -0.25) is 10.1 Å². The molecule has 7 nitrogen and oxygen atoms in total. The second-order valence-electron chi connectivity index (χ2n) is 5.25. The van der Waals surface area contributed by atoms with Crippen LogP contribution >= 0.6 is 0 Å². The van der Waals surface area contributed by atoms with Crippen LogP contribution in [-0.4, -0.2) is 38.7 Å². The minimum Gasteiger partial charge on any atom is -0.375 e. The second kappa shape index (κ2) is 6.40. The lowest BCUT2D eigenvalue weighted by Gasteiger charge is -2.18. The molecule has 116 valence electrons. The third-order valence-corrected chi connectivity index (χ3v) is 4.61. The van der Waals surface area contributed by atoms with Crippen molar-refractivity contribution >= 4 is 21.2 Å². The molecule has 1 aromatic rings. The summed E-state index contributed by atoms with van der Waals surface area (Å²) in [5.41, 5.74) is 0.156. The Hall–Kier alpha value is -1.67. The maximum Gasteiger partial charge on any atom is 0.293 e. The summed E-state index contributed by atoms with van der Waals surface area (Å²) in [6.45, 7) is 1.69. The summed E-state index contributed by atoms with van der Waals surface area (Å²) in [7, 11) is -3.46. The maximum absolute atomic E-state index is 11.5. The van der Waals surface area contributed by atoms with E-state index in [0.29, 0.717) is 5.69 Å². The SMILES string of the molecule is CS(=O)(=O)c1ccc(NC2CCCCNC2)c([N+](=O)[O-])c1. The molecule has 0 radical (unpaired) electrons. The van der Waals surface area contributed by atoms with Crippen LogP contribution in [0, 0.1) is 10.1 Å². The second-order valence-corrected chi connectivity index (χ2v) is 7.27. The van der Waals surface area contributed by atoms with Gasteiger partial charge < -0.3 is 10.6 Å². The van der Waals surface area contributed by atoms with Crippen molar-refractivity contribution in [2.24, 2.45) is 0 Å². The highest BCUT2D eigenvalue weighted by molar-refractivity contribution is 7.90. The van der Waals surface area contributed by atoms with E-state index in [4.69, 9.17) is 0 Å². The molecule has 1 aromatic carbocycles. The van der Waals surface area contributed by atoms with Gasteiger partial charge in [0.1, 0.15) is 5.69 Å². The van der Waals surface area contributed by atoms with Crippen LogP contribution in [0.1, 0.15) is 19.3 Å². The summed E-state index contributed by atoms with van der Waals surface area (Å²) < 4.78 is 23.0. The fourth-order valence-corrected chi connectivity index (χ4v) is 3.02. The average Bonchev–Trinajstić information content (AvgIpc) is 2.66. The van der Waals surface area contributed by atoms with Crippen molar-refractivity contribution in [3.8, 4) is 0 Å². The molecule has 0 amide bonds. The molecular formula is C13H19N3O4S. The fourth-order valence-electron chi connectivity index (χ4n) is 2.38. The number of nitro groups is 1. The van der Waals surface area contributed by atoms with E-state index >= 15 is 0 Å². The zero-order valence-electron chi connectivity index (χ0n) is 11.8. The number of nitrogens with zero attached hydrogens (tertiary/aromatic N) is 1. The molecule has 0 saturated carbocycles. The first-order chi connectivity index (χ1) is 9.88. The monoisotopic (exact) mass is 313 g/mol. The number of nitrogens with one attached hydrogen (secondary N) is 2. The van der Waals surface area contributed by atoms with E-state index in [2.05, 4.69) is 10.6 Å². The van der Waals surface area contributed by atoms with Gasteiger partial charge in [0, 0.05) is 24.9 Å². The van der Waals surface area contributed by atoms with Gasteiger partial charge in [0.25, 0.3) is 5.69 Å². The van der Waals surface area contributed by atoms with Gasteiger partial charge in [0.15, 0.2) is 9.84 Å². The zero-order valence-corrected chi connectivity index (χ0v) is 12.6. The molecule has 0 aromatic heterocycles. The van der Waals surface area contributed by atoms with Gasteiger partial charge in [-0.05, 0) is 31.5 Å². The molecule has 0 aliphatic carbocycles. The highest BCUT2D eigenvalue weighted by Gasteiger charge is 2.21. The summed E-state index contributed by atoms with van der Waals surface area (Å²) >= 11 is 0. The van der Waals surface area contributed by atoms with Gasteiger partial charge in [-0.25, -0.2) is 8.42 Å². The van der Waals surface area contributed by atoms with Gasteiger partial charge in [0.2, 0.25) is 0 Å². The van der Waals surface area contributed by atoms with Crippen LogP contribution in [0.15, 0.2) is 23.1 Å². The first-order valence-electron chi connectivity index (χ1n) is 6.83. The van der Waals surface area contributed by atoms with Crippen molar-refractivity contribution in [3.63, 3.8) is 0 Å². The van der Waals surface area contributed by atoms with Crippen LogP contribution in [-0.2, 0) is 9.84 Å². The highest BCUT2D eigenvalue weighted by atomic mass is 32.2. The summed E-state index contributed by atoms with van der Waals surface area (Å²) in [6, 6.07) is 4.09. The molecule has 1 unspecified atom stereocenters. The number of sulfone groups is 1. The Morgan fingerprint density at radius 1 is 1.38 bits per heavy atom. The fraction of sp³-hybridized carbons (Fsp3) is 0.538. The Kier molecular flexibility index (Phi) is 4.79. The van der Waals surface area contributed by atoms with Crippen LogP contribution in [0.4, 0.5) is 11.4 Å². The average molecular weight is 313 g/mol. The maximum atomic E-state index is 11.5. The molecule has 0 bridgehead atoms. The Morgan fingerprint density at radius 2 is 2.14 bits per heavy atom. The topological polar surface area (TPSA) is 101 Å². The summed E-state index contributed by atoms with van der Waals surface area (Å²) in [5.74, 6) is 0. The molecule has 2 rings (SSSR count). The molecule has 21 heavy (non-hydrogen) atoms. The highest BCUT2D eigenvalue weighted by Crippen LogP contribution is 2.28. The standard InChI is InChI=1S/C13H19N3O4S/c1-21(19,20)11-5-6-12(13(8-11)16(17)18)15-10-4-2-3-7-14-9-10/h5-6,8,10,14-15H,2-4,7,9H2,1H3. The molecule has 1 heterocycles. The van der Waals surface area contributed by atoms with Gasteiger partial charge in [-0.2, -0.15) is 0 Å². The van der Waals surface area contributed by atoms with E-state index in [1.807, 2.05) is 0 Å². The zero-order chi connectivity index (χ0) is 15.5. The van der Waals surface area contributed by atoms with Crippen LogP contribution in [0.5, 0.6) is 0 Å². The first-order valence-corrected chi connectivity index (χ1v) is 8.73. The third-order valence-electron chi connectivity index (χ3n) is 3.50. The molecule has 2 N–H and O–H groups in total. The quantitative estimate of drug-likeness (QED) is 0.646. The number of hydrogen-bond donors (Lipinski definition) is 2. The Labute approximate surface area is 123 Å². The molecule has 1 atom stereocenters. The van der Waals surface area contributed by atoms with E-state index in [1.165, 1.54) is 12.1 Å². The van der Waals surface area contributed by atoms with E-state index in [-0.39, 0.29) is 16.6 Å². The summed E-state index contributed by atoms with van der Waals surface area (Å²) in [6.07, 6.45) is 4.11. The minimum atomic E-state index is -3.46. The molecule has 1 saturated heterocycles. The predicted molar refractivity (Wildman–Crippen MR) is 80.3 cm³/mol. The molecule has 0 spiro atoms. The molecule has 8 heteroatoms. The Bertz CT molecular complexity index is 622. The van der Waals surface area contributed by atoms with Gasteiger partial charge in [-0.1, -0.05) is 6.42 Å². The smallest absolute Gasteiger partial charge is 0.293 e. The first kappa shape index (κ1) is 15.7. The van der Waals surface area contributed by atoms with E-state index < -0.39 is 14.8 Å².